The Hall–Kier alpha value is -1.13. The zero-order chi connectivity index (χ0) is 14.0. The number of nitrogens with zero attached hydrogens (tertiary/aromatic N) is 1. The van der Waals surface area contributed by atoms with E-state index in [0.717, 1.165) is 28.0 Å². The average molecular weight is 323 g/mol. The second kappa shape index (κ2) is 5.88. The van der Waals surface area contributed by atoms with Crippen molar-refractivity contribution in [1.29, 1.82) is 0 Å². The molecular weight excluding hydrogens is 304 g/mol. The largest absolute Gasteiger partial charge is 0.361 e. The molecule has 0 bridgehead atoms. The van der Waals surface area contributed by atoms with Crippen LogP contribution in [0.3, 0.4) is 0 Å². The maximum absolute atomic E-state index is 5.21. The Bertz CT molecular complexity index is 558. The van der Waals surface area contributed by atoms with E-state index in [1.165, 1.54) is 11.1 Å². The summed E-state index contributed by atoms with van der Waals surface area (Å²) in [4.78, 5) is 0. The van der Waals surface area contributed by atoms with Gasteiger partial charge in [-0.2, -0.15) is 0 Å². The summed E-state index contributed by atoms with van der Waals surface area (Å²) in [7, 11) is 0. The third kappa shape index (κ3) is 3.25. The second-order valence-corrected chi connectivity index (χ2v) is 5.79. The van der Waals surface area contributed by atoms with Crippen LogP contribution in [0.2, 0.25) is 0 Å². The lowest BCUT2D eigenvalue weighted by Gasteiger charge is -2.14. The van der Waals surface area contributed by atoms with Crippen molar-refractivity contribution in [3.05, 3.63) is 50.8 Å². The van der Waals surface area contributed by atoms with Gasteiger partial charge in [-0.05, 0) is 44.9 Å². The van der Waals surface area contributed by atoms with Crippen LogP contribution < -0.4 is 5.32 Å². The maximum atomic E-state index is 5.21. The molecule has 1 unspecified atom stereocenters. The highest BCUT2D eigenvalue weighted by atomic mass is 79.9. The molecule has 0 radical (unpaired) electrons. The fourth-order valence-corrected chi connectivity index (χ4v) is 2.90. The zero-order valence-electron chi connectivity index (χ0n) is 11.7. The van der Waals surface area contributed by atoms with E-state index in [9.17, 15) is 0 Å². The topological polar surface area (TPSA) is 38.1 Å². The van der Waals surface area contributed by atoms with Gasteiger partial charge in [0.15, 0.2) is 0 Å². The Labute approximate surface area is 122 Å². The Morgan fingerprint density at radius 2 is 2.05 bits per heavy atom. The highest BCUT2D eigenvalue weighted by Gasteiger charge is 2.16. The third-order valence-corrected chi connectivity index (χ3v) is 4.07. The molecule has 0 spiro atoms. The summed E-state index contributed by atoms with van der Waals surface area (Å²) in [6.07, 6.45) is 0. The van der Waals surface area contributed by atoms with E-state index >= 15 is 0 Å². The molecule has 19 heavy (non-hydrogen) atoms. The lowest BCUT2D eigenvalue weighted by Crippen LogP contribution is -2.19. The number of hydrogen-bond acceptors (Lipinski definition) is 3. The van der Waals surface area contributed by atoms with Crippen LogP contribution in [0.25, 0.3) is 0 Å². The molecule has 1 atom stereocenters. The monoisotopic (exact) mass is 322 g/mol. The predicted molar refractivity (Wildman–Crippen MR) is 80.1 cm³/mol. The van der Waals surface area contributed by atoms with E-state index in [2.05, 4.69) is 58.4 Å². The van der Waals surface area contributed by atoms with Crippen molar-refractivity contribution in [2.45, 2.75) is 40.3 Å². The van der Waals surface area contributed by atoms with Gasteiger partial charge in [-0.25, -0.2) is 0 Å². The molecule has 1 aromatic carbocycles. The van der Waals surface area contributed by atoms with Crippen LogP contribution in [-0.4, -0.2) is 5.16 Å². The fraction of sp³-hybridized carbons (Fsp3) is 0.400. The molecule has 1 heterocycles. The van der Waals surface area contributed by atoms with E-state index in [4.69, 9.17) is 4.52 Å². The first kappa shape index (κ1) is 14.3. The molecule has 0 fully saturated rings. The van der Waals surface area contributed by atoms with E-state index in [-0.39, 0.29) is 6.04 Å². The van der Waals surface area contributed by atoms with Crippen molar-refractivity contribution >= 4 is 15.9 Å². The number of rotatable bonds is 4. The van der Waals surface area contributed by atoms with Crippen LogP contribution in [-0.2, 0) is 6.54 Å². The van der Waals surface area contributed by atoms with Crippen LogP contribution >= 0.6 is 15.9 Å². The number of benzene rings is 1. The highest BCUT2D eigenvalue weighted by Crippen LogP contribution is 2.23. The van der Waals surface area contributed by atoms with Crippen LogP contribution in [0.4, 0.5) is 0 Å². The minimum Gasteiger partial charge on any atom is -0.361 e. The van der Waals surface area contributed by atoms with Gasteiger partial charge in [0, 0.05) is 22.6 Å². The Kier molecular flexibility index (Phi) is 4.42. The van der Waals surface area contributed by atoms with Gasteiger partial charge in [-0.1, -0.05) is 33.2 Å². The number of nitrogens with one attached hydrogen (secondary N) is 1. The molecule has 0 aliphatic carbocycles. The molecule has 3 nitrogen and oxygen atoms in total. The summed E-state index contributed by atoms with van der Waals surface area (Å²) in [6, 6.07) is 6.63. The summed E-state index contributed by atoms with van der Waals surface area (Å²) in [5, 5.41) is 7.51. The number of hydrogen-bond donors (Lipinski definition) is 1. The van der Waals surface area contributed by atoms with E-state index in [0.29, 0.717) is 0 Å². The minimum absolute atomic E-state index is 0.222. The molecule has 4 heteroatoms. The molecule has 0 aliphatic heterocycles. The smallest absolute Gasteiger partial charge is 0.138 e. The number of aryl methyl sites for hydroxylation is 3. The summed E-state index contributed by atoms with van der Waals surface area (Å²) >= 11 is 3.60. The summed E-state index contributed by atoms with van der Waals surface area (Å²) in [5.74, 6) is 0.889. The van der Waals surface area contributed by atoms with Gasteiger partial charge >= 0.3 is 0 Å². The minimum atomic E-state index is 0.222. The fourth-order valence-electron chi connectivity index (χ4n) is 2.27. The van der Waals surface area contributed by atoms with Crippen LogP contribution in [0.1, 0.15) is 41.1 Å². The normalized spacial score (nSPS) is 12.7. The van der Waals surface area contributed by atoms with Crippen molar-refractivity contribution in [2.75, 3.05) is 0 Å². The summed E-state index contributed by atoms with van der Waals surface area (Å²) in [6.45, 7) is 8.97. The molecule has 0 aliphatic rings. The number of halogens is 1. The van der Waals surface area contributed by atoms with Gasteiger partial charge in [0.1, 0.15) is 5.76 Å². The molecule has 2 rings (SSSR count). The standard InChI is InChI=1S/C15H19BrN2O/c1-9-5-6-13(14(16)7-9)8-17-10(2)15-11(3)18-19-12(15)4/h5-7,10,17H,8H2,1-4H3. The lowest BCUT2D eigenvalue weighted by molar-refractivity contribution is 0.390. The van der Waals surface area contributed by atoms with Crippen LogP contribution in [0.5, 0.6) is 0 Å². The first-order valence-electron chi connectivity index (χ1n) is 6.40. The van der Waals surface area contributed by atoms with Gasteiger partial charge in [-0.15, -0.1) is 0 Å². The summed E-state index contributed by atoms with van der Waals surface area (Å²) < 4.78 is 6.35. The quantitative estimate of drug-likeness (QED) is 0.916. The van der Waals surface area contributed by atoms with Crippen molar-refractivity contribution in [3.8, 4) is 0 Å². The molecule has 1 N–H and O–H groups in total. The second-order valence-electron chi connectivity index (χ2n) is 4.94. The molecule has 2 aromatic rings. The first-order chi connectivity index (χ1) is 8.99. The van der Waals surface area contributed by atoms with Crippen molar-refractivity contribution < 1.29 is 4.52 Å². The van der Waals surface area contributed by atoms with Gasteiger partial charge in [0.2, 0.25) is 0 Å². The molecule has 102 valence electrons. The molecule has 0 amide bonds. The number of aromatic nitrogens is 1. The molecule has 0 saturated carbocycles. The SMILES string of the molecule is Cc1ccc(CNC(C)c2c(C)noc2C)c(Br)c1. The van der Waals surface area contributed by atoms with E-state index in [1.54, 1.807) is 0 Å². The highest BCUT2D eigenvalue weighted by molar-refractivity contribution is 9.10. The Morgan fingerprint density at radius 1 is 1.32 bits per heavy atom. The van der Waals surface area contributed by atoms with Crippen molar-refractivity contribution in [3.63, 3.8) is 0 Å². The van der Waals surface area contributed by atoms with Crippen molar-refractivity contribution in [2.24, 2.45) is 0 Å². The summed E-state index contributed by atoms with van der Waals surface area (Å²) in [5.41, 5.74) is 4.63. The van der Waals surface area contributed by atoms with Crippen LogP contribution in [0.15, 0.2) is 27.2 Å². The average Bonchev–Trinajstić information content (AvgIpc) is 2.68. The van der Waals surface area contributed by atoms with Gasteiger partial charge < -0.3 is 9.84 Å². The van der Waals surface area contributed by atoms with Crippen molar-refractivity contribution in [1.82, 2.24) is 10.5 Å². The Balaban J connectivity index is 2.06. The van der Waals surface area contributed by atoms with E-state index in [1.807, 2.05) is 13.8 Å². The first-order valence-corrected chi connectivity index (χ1v) is 7.19. The molecular formula is C15H19BrN2O. The molecule has 0 saturated heterocycles. The van der Waals surface area contributed by atoms with Gasteiger partial charge in [0.05, 0.1) is 5.69 Å². The van der Waals surface area contributed by atoms with Gasteiger partial charge in [0.25, 0.3) is 0 Å². The Morgan fingerprint density at radius 3 is 2.63 bits per heavy atom. The molecule has 1 aromatic heterocycles. The third-order valence-electron chi connectivity index (χ3n) is 3.33. The van der Waals surface area contributed by atoms with E-state index < -0.39 is 0 Å². The zero-order valence-corrected chi connectivity index (χ0v) is 13.3. The predicted octanol–water partition coefficient (Wildman–Crippen LogP) is 4.21. The van der Waals surface area contributed by atoms with Crippen LogP contribution in [0, 0.1) is 20.8 Å². The maximum Gasteiger partial charge on any atom is 0.138 e. The lowest BCUT2D eigenvalue weighted by atomic mass is 10.1. The van der Waals surface area contributed by atoms with Gasteiger partial charge in [-0.3, -0.25) is 0 Å².